The summed E-state index contributed by atoms with van der Waals surface area (Å²) in [5, 5.41) is 0. The van der Waals surface area contributed by atoms with E-state index in [2.05, 4.69) is 6.58 Å². The molecular formula is C14H20O. The zero-order chi connectivity index (χ0) is 12.0. The number of allylic oxidation sites excluding steroid dienone is 7. The summed E-state index contributed by atoms with van der Waals surface area (Å²) in [6.07, 6.45) is 5.49. The number of hydrogen-bond acceptors (Lipinski definition) is 1. The molecule has 0 aromatic rings. The van der Waals surface area contributed by atoms with Crippen molar-refractivity contribution in [3.05, 3.63) is 47.1 Å². The van der Waals surface area contributed by atoms with Crippen LogP contribution in [0.3, 0.4) is 0 Å². The molecule has 0 N–H and O–H groups in total. The van der Waals surface area contributed by atoms with E-state index in [1.165, 1.54) is 0 Å². The lowest BCUT2D eigenvalue weighted by molar-refractivity contribution is -0.111. The summed E-state index contributed by atoms with van der Waals surface area (Å²) in [5.74, 6) is 0.0312. The van der Waals surface area contributed by atoms with E-state index in [9.17, 15) is 4.79 Å². The molecule has 0 aliphatic rings. The molecule has 0 rings (SSSR count). The van der Waals surface area contributed by atoms with Crippen molar-refractivity contribution in [1.29, 1.82) is 0 Å². The molecular weight excluding hydrogens is 184 g/mol. The van der Waals surface area contributed by atoms with Gasteiger partial charge in [-0.05, 0) is 52.3 Å². The summed E-state index contributed by atoms with van der Waals surface area (Å²) in [4.78, 5) is 11.8. The van der Waals surface area contributed by atoms with Crippen molar-refractivity contribution in [2.45, 2.75) is 34.6 Å². The van der Waals surface area contributed by atoms with Gasteiger partial charge in [0.05, 0.1) is 0 Å². The largest absolute Gasteiger partial charge is 0.289 e. The number of hydrogen-bond donors (Lipinski definition) is 0. The molecule has 0 unspecified atom stereocenters. The Morgan fingerprint density at radius 2 is 1.60 bits per heavy atom. The molecule has 0 atom stereocenters. The average molecular weight is 204 g/mol. The summed E-state index contributed by atoms with van der Waals surface area (Å²) in [7, 11) is 0. The molecule has 0 aliphatic carbocycles. The van der Waals surface area contributed by atoms with Crippen LogP contribution in [0.2, 0.25) is 0 Å². The second kappa shape index (κ2) is 6.18. The van der Waals surface area contributed by atoms with E-state index in [0.717, 1.165) is 16.7 Å². The third kappa shape index (κ3) is 5.16. The van der Waals surface area contributed by atoms with E-state index in [0.29, 0.717) is 5.57 Å². The van der Waals surface area contributed by atoms with Crippen LogP contribution in [0.5, 0.6) is 0 Å². The lowest BCUT2D eigenvalue weighted by atomic mass is 10.0. The summed E-state index contributed by atoms with van der Waals surface area (Å²) >= 11 is 0. The smallest absolute Gasteiger partial charge is 0.186 e. The van der Waals surface area contributed by atoms with Crippen LogP contribution < -0.4 is 0 Å². The van der Waals surface area contributed by atoms with Crippen LogP contribution in [-0.4, -0.2) is 5.78 Å². The molecule has 0 aliphatic heterocycles. The van der Waals surface area contributed by atoms with Gasteiger partial charge in [-0.1, -0.05) is 23.8 Å². The monoisotopic (exact) mass is 204 g/mol. The molecule has 0 saturated heterocycles. The van der Waals surface area contributed by atoms with Crippen molar-refractivity contribution in [3.8, 4) is 0 Å². The van der Waals surface area contributed by atoms with Crippen LogP contribution in [0, 0.1) is 0 Å². The highest BCUT2D eigenvalue weighted by molar-refractivity contribution is 6.07. The molecule has 0 spiro atoms. The van der Waals surface area contributed by atoms with E-state index in [1.54, 1.807) is 6.08 Å². The van der Waals surface area contributed by atoms with Crippen LogP contribution in [0.4, 0.5) is 0 Å². The summed E-state index contributed by atoms with van der Waals surface area (Å²) in [6.45, 7) is 13.4. The third-order valence-corrected chi connectivity index (χ3v) is 1.97. The molecule has 0 amide bonds. The van der Waals surface area contributed by atoms with Gasteiger partial charge in [-0.2, -0.15) is 0 Å². The average Bonchev–Trinajstić information content (AvgIpc) is 2.11. The fourth-order valence-electron chi connectivity index (χ4n) is 1.06. The highest BCUT2D eigenvalue weighted by Crippen LogP contribution is 2.13. The van der Waals surface area contributed by atoms with E-state index in [1.807, 2.05) is 46.8 Å². The molecule has 15 heavy (non-hydrogen) atoms. The quantitative estimate of drug-likeness (QED) is 0.500. The van der Waals surface area contributed by atoms with Crippen LogP contribution >= 0.6 is 0 Å². The van der Waals surface area contributed by atoms with Gasteiger partial charge in [0.1, 0.15) is 0 Å². The third-order valence-electron chi connectivity index (χ3n) is 1.97. The Balaban J connectivity index is 5.18. The number of rotatable bonds is 4. The Morgan fingerprint density at radius 3 is 1.93 bits per heavy atom. The van der Waals surface area contributed by atoms with Crippen LogP contribution in [0.1, 0.15) is 34.6 Å². The van der Waals surface area contributed by atoms with Gasteiger partial charge in [-0.25, -0.2) is 0 Å². The van der Waals surface area contributed by atoms with Gasteiger partial charge in [-0.3, -0.25) is 4.79 Å². The maximum absolute atomic E-state index is 11.8. The fraction of sp³-hybridized carbons (Fsp3) is 0.357. The fourth-order valence-corrected chi connectivity index (χ4v) is 1.06. The van der Waals surface area contributed by atoms with Crippen LogP contribution in [-0.2, 0) is 4.79 Å². The zero-order valence-electron chi connectivity index (χ0n) is 10.3. The van der Waals surface area contributed by atoms with Gasteiger partial charge in [0.25, 0.3) is 0 Å². The van der Waals surface area contributed by atoms with Crippen LogP contribution in [0.15, 0.2) is 47.1 Å². The molecule has 0 bridgehead atoms. The minimum Gasteiger partial charge on any atom is -0.289 e. The van der Waals surface area contributed by atoms with Gasteiger partial charge in [0.15, 0.2) is 5.78 Å². The predicted octanol–water partition coefficient (Wildman–Crippen LogP) is 3.99. The van der Waals surface area contributed by atoms with E-state index >= 15 is 0 Å². The molecule has 0 saturated carbocycles. The van der Waals surface area contributed by atoms with Crippen molar-refractivity contribution in [2.75, 3.05) is 0 Å². The number of ketones is 1. The van der Waals surface area contributed by atoms with Gasteiger partial charge < -0.3 is 0 Å². The van der Waals surface area contributed by atoms with Crippen molar-refractivity contribution < 1.29 is 4.79 Å². The van der Waals surface area contributed by atoms with Crippen molar-refractivity contribution >= 4 is 5.78 Å². The second-order valence-corrected chi connectivity index (χ2v) is 3.96. The number of carbonyl (C=O) groups excluding carboxylic acids is 1. The summed E-state index contributed by atoms with van der Waals surface area (Å²) < 4.78 is 0. The van der Waals surface area contributed by atoms with Crippen molar-refractivity contribution in [2.24, 2.45) is 0 Å². The van der Waals surface area contributed by atoms with E-state index in [-0.39, 0.29) is 5.78 Å². The van der Waals surface area contributed by atoms with Crippen molar-refractivity contribution in [3.63, 3.8) is 0 Å². The first-order chi connectivity index (χ1) is 6.88. The van der Waals surface area contributed by atoms with Gasteiger partial charge in [-0.15, -0.1) is 0 Å². The lowest BCUT2D eigenvalue weighted by Crippen LogP contribution is -2.00. The van der Waals surface area contributed by atoms with Gasteiger partial charge >= 0.3 is 0 Å². The molecule has 0 aromatic carbocycles. The van der Waals surface area contributed by atoms with Gasteiger partial charge in [0, 0.05) is 5.57 Å². The van der Waals surface area contributed by atoms with E-state index in [4.69, 9.17) is 0 Å². The number of carbonyl (C=O) groups is 1. The molecule has 0 radical (unpaired) electrons. The van der Waals surface area contributed by atoms with Crippen LogP contribution in [0.25, 0.3) is 0 Å². The Labute approximate surface area is 92.9 Å². The van der Waals surface area contributed by atoms with E-state index < -0.39 is 0 Å². The molecule has 0 fully saturated rings. The Hall–Kier alpha value is -1.37. The Kier molecular flexibility index (Phi) is 5.61. The highest BCUT2D eigenvalue weighted by Gasteiger charge is 2.07. The maximum atomic E-state index is 11.8. The van der Waals surface area contributed by atoms with Gasteiger partial charge in [0.2, 0.25) is 0 Å². The highest BCUT2D eigenvalue weighted by atomic mass is 16.1. The molecule has 1 nitrogen and oxygen atoms in total. The second-order valence-electron chi connectivity index (χ2n) is 3.96. The lowest BCUT2D eigenvalue weighted by Gasteiger charge is -2.03. The Morgan fingerprint density at radius 1 is 1.07 bits per heavy atom. The topological polar surface area (TPSA) is 17.1 Å². The molecule has 82 valence electrons. The maximum Gasteiger partial charge on any atom is 0.186 e. The minimum atomic E-state index is 0.0312. The summed E-state index contributed by atoms with van der Waals surface area (Å²) in [5.41, 5.74) is 3.57. The molecule has 0 heterocycles. The zero-order valence-corrected chi connectivity index (χ0v) is 10.3. The minimum absolute atomic E-state index is 0.0312. The summed E-state index contributed by atoms with van der Waals surface area (Å²) in [6, 6.07) is 0. The SMILES string of the molecule is C=C(C)C(=CC(C)=CC)C(=O)C=C(C)C. The first-order valence-corrected chi connectivity index (χ1v) is 5.08. The normalized spacial score (nSPS) is 12.3. The molecule has 0 aromatic heterocycles. The first kappa shape index (κ1) is 13.6. The predicted molar refractivity (Wildman–Crippen MR) is 66.8 cm³/mol. The first-order valence-electron chi connectivity index (χ1n) is 5.08. The van der Waals surface area contributed by atoms with Crippen molar-refractivity contribution in [1.82, 2.24) is 0 Å². The molecule has 1 heteroatoms. The Bertz CT molecular complexity index is 348. The standard InChI is InChI=1S/C14H20O/c1-7-12(6)9-13(11(4)5)14(15)8-10(2)3/h7-9H,4H2,1-3,5-6H3.